The number of aromatic nitrogens is 4. The predicted molar refractivity (Wildman–Crippen MR) is 139 cm³/mol. The smallest absolute Gasteiger partial charge is 0.256 e. The maximum atomic E-state index is 12.6. The second kappa shape index (κ2) is 9.83. The first kappa shape index (κ1) is 23.0. The molecule has 0 bridgehead atoms. The molecule has 1 aromatic carbocycles. The number of imidazole rings is 1. The van der Waals surface area contributed by atoms with Gasteiger partial charge in [0, 0.05) is 35.8 Å². The van der Waals surface area contributed by atoms with Crippen LogP contribution in [-0.2, 0) is 4.79 Å². The molecule has 36 heavy (non-hydrogen) atoms. The Kier molecular flexibility index (Phi) is 6.27. The minimum atomic E-state index is -0.248. The number of anilines is 2. The largest absolute Gasteiger partial charge is 0.382 e. The number of fused-ring (bicyclic) bond motifs is 1. The highest BCUT2D eigenvalue weighted by Crippen LogP contribution is 2.33. The number of nitrogen functional groups attached to an aromatic ring is 1. The van der Waals surface area contributed by atoms with Gasteiger partial charge in [-0.05, 0) is 55.2 Å². The van der Waals surface area contributed by atoms with Gasteiger partial charge in [-0.2, -0.15) is 0 Å². The number of hydrogen-bond acceptors (Lipinski definition) is 6. The molecule has 3 heterocycles. The topological polar surface area (TPSA) is 127 Å². The van der Waals surface area contributed by atoms with E-state index in [-0.39, 0.29) is 17.9 Å². The SMILES string of the molecule is C=CC(=O)NC1CC=C(c2nc(-c3ccc(C(=O)Nc4ccccn4)cc3)c3c(N)nccn23)CC1. The lowest BCUT2D eigenvalue weighted by atomic mass is 9.94. The highest BCUT2D eigenvalue weighted by Gasteiger charge is 2.22. The predicted octanol–water partition coefficient (Wildman–Crippen LogP) is 3.86. The third-order valence-corrected chi connectivity index (χ3v) is 6.14. The van der Waals surface area contributed by atoms with Crippen LogP contribution in [0.25, 0.3) is 22.3 Å². The van der Waals surface area contributed by atoms with Crippen molar-refractivity contribution in [3.05, 3.63) is 91.2 Å². The Bertz CT molecular complexity index is 1470. The molecule has 9 nitrogen and oxygen atoms in total. The fraction of sp³-hybridized carbons (Fsp3) is 0.148. The van der Waals surface area contributed by atoms with Gasteiger partial charge in [-0.3, -0.25) is 14.0 Å². The van der Waals surface area contributed by atoms with Crippen LogP contribution in [0.2, 0.25) is 0 Å². The summed E-state index contributed by atoms with van der Waals surface area (Å²) in [6.45, 7) is 3.51. The molecule has 3 aromatic heterocycles. The number of hydrogen-bond donors (Lipinski definition) is 3. The van der Waals surface area contributed by atoms with Gasteiger partial charge in [-0.25, -0.2) is 15.0 Å². The first-order chi connectivity index (χ1) is 17.5. The van der Waals surface area contributed by atoms with Crippen LogP contribution in [-0.4, -0.2) is 37.2 Å². The normalized spacial score (nSPS) is 15.2. The molecule has 0 radical (unpaired) electrons. The molecule has 0 saturated heterocycles. The average molecular weight is 480 g/mol. The molecule has 4 N–H and O–H groups in total. The van der Waals surface area contributed by atoms with E-state index in [9.17, 15) is 9.59 Å². The van der Waals surface area contributed by atoms with Gasteiger partial charge in [0.25, 0.3) is 5.91 Å². The zero-order valence-electron chi connectivity index (χ0n) is 19.5. The molecule has 0 spiro atoms. The Morgan fingerprint density at radius 3 is 2.64 bits per heavy atom. The van der Waals surface area contributed by atoms with Crippen molar-refractivity contribution in [1.29, 1.82) is 0 Å². The fourth-order valence-corrected chi connectivity index (χ4v) is 4.32. The molecule has 9 heteroatoms. The van der Waals surface area contributed by atoms with Gasteiger partial charge in [0.1, 0.15) is 28.7 Å². The molecule has 4 aromatic rings. The lowest BCUT2D eigenvalue weighted by Crippen LogP contribution is -2.34. The number of rotatable bonds is 6. The summed E-state index contributed by atoms with van der Waals surface area (Å²) < 4.78 is 1.95. The summed E-state index contributed by atoms with van der Waals surface area (Å²) in [4.78, 5) is 37.6. The van der Waals surface area contributed by atoms with Crippen LogP contribution in [0.4, 0.5) is 11.6 Å². The molecule has 1 aliphatic rings. The summed E-state index contributed by atoms with van der Waals surface area (Å²) in [5.74, 6) is 1.24. The van der Waals surface area contributed by atoms with Crippen molar-refractivity contribution in [3.63, 3.8) is 0 Å². The Balaban J connectivity index is 1.44. The highest BCUT2D eigenvalue weighted by molar-refractivity contribution is 6.04. The number of carbonyl (C=O) groups is 2. The van der Waals surface area contributed by atoms with Crippen LogP contribution < -0.4 is 16.4 Å². The molecule has 1 unspecified atom stereocenters. The van der Waals surface area contributed by atoms with Crippen LogP contribution in [0.5, 0.6) is 0 Å². The minimum Gasteiger partial charge on any atom is -0.382 e. The standard InChI is InChI=1S/C27H25N7O2/c1-2-22(35)31-20-12-10-18(11-13-20)26-33-23(24-25(28)30-15-16-34(24)26)17-6-8-19(9-7-17)27(36)32-21-5-3-4-14-29-21/h2-10,14-16,20H,1,11-13H2,(H2,28,30)(H,31,35)(H,29,32,36). The zero-order chi connectivity index (χ0) is 25.1. The van der Waals surface area contributed by atoms with Crippen molar-refractivity contribution in [1.82, 2.24) is 24.7 Å². The Labute approximate surface area is 207 Å². The van der Waals surface area contributed by atoms with Crippen LogP contribution in [0.3, 0.4) is 0 Å². The van der Waals surface area contributed by atoms with Crippen molar-refractivity contribution in [2.75, 3.05) is 11.1 Å². The number of benzene rings is 1. The monoisotopic (exact) mass is 479 g/mol. The molecular formula is C27H25N7O2. The summed E-state index contributed by atoms with van der Waals surface area (Å²) in [6, 6.07) is 12.6. The van der Waals surface area contributed by atoms with Crippen molar-refractivity contribution < 1.29 is 9.59 Å². The quantitative estimate of drug-likeness (QED) is 0.360. The molecule has 5 rings (SSSR count). The van der Waals surface area contributed by atoms with E-state index in [4.69, 9.17) is 10.7 Å². The van der Waals surface area contributed by atoms with Gasteiger partial charge in [0.05, 0.1) is 0 Å². The third kappa shape index (κ3) is 4.58. The van der Waals surface area contributed by atoms with Crippen LogP contribution in [0.1, 0.15) is 35.4 Å². The number of nitrogens with zero attached hydrogens (tertiary/aromatic N) is 4. The molecule has 0 fully saturated rings. The van der Waals surface area contributed by atoms with Crippen molar-refractivity contribution in [2.24, 2.45) is 0 Å². The van der Waals surface area contributed by atoms with E-state index in [1.807, 2.05) is 28.8 Å². The number of pyridine rings is 1. The third-order valence-electron chi connectivity index (χ3n) is 6.14. The van der Waals surface area contributed by atoms with Gasteiger partial charge in [0.2, 0.25) is 5.91 Å². The maximum Gasteiger partial charge on any atom is 0.256 e. The maximum absolute atomic E-state index is 12.6. The lowest BCUT2D eigenvalue weighted by Gasteiger charge is -2.22. The van der Waals surface area contributed by atoms with Crippen molar-refractivity contribution in [3.8, 4) is 11.3 Å². The first-order valence-corrected chi connectivity index (χ1v) is 11.6. The van der Waals surface area contributed by atoms with Crippen molar-refractivity contribution >= 4 is 34.5 Å². The van der Waals surface area contributed by atoms with E-state index >= 15 is 0 Å². The average Bonchev–Trinajstić information content (AvgIpc) is 3.31. The number of carbonyl (C=O) groups excluding carboxylic acids is 2. The highest BCUT2D eigenvalue weighted by atomic mass is 16.2. The first-order valence-electron chi connectivity index (χ1n) is 11.6. The van der Waals surface area contributed by atoms with Crippen LogP contribution in [0, 0.1) is 0 Å². The van der Waals surface area contributed by atoms with E-state index in [2.05, 4.69) is 33.3 Å². The Morgan fingerprint density at radius 2 is 1.94 bits per heavy atom. The number of amides is 2. The van der Waals surface area contributed by atoms with E-state index in [0.29, 0.717) is 34.8 Å². The fourth-order valence-electron chi connectivity index (χ4n) is 4.32. The van der Waals surface area contributed by atoms with E-state index in [1.165, 1.54) is 6.08 Å². The summed E-state index contributed by atoms with van der Waals surface area (Å²) in [6.07, 6.45) is 10.8. The van der Waals surface area contributed by atoms with Gasteiger partial charge < -0.3 is 16.4 Å². The van der Waals surface area contributed by atoms with E-state index in [1.54, 1.807) is 36.7 Å². The zero-order valence-corrected chi connectivity index (χ0v) is 19.5. The van der Waals surface area contributed by atoms with Gasteiger partial charge >= 0.3 is 0 Å². The molecule has 0 aliphatic heterocycles. The number of nitrogens with two attached hydrogens (primary N) is 1. The number of allylic oxidation sites excluding steroid dienone is 1. The number of nitrogens with one attached hydrogen (secondary N) is 2. The summed E-state index contributed by atoms with van der Waals surface area (Å²) in [7, 11) is 0. The van der Waals surface area contributed by atoms with Crippen molar-refractivity contribution in [2.45, 2.75) is 25.3 Å². The molecule has 1 aliphatic carbocycles. The Morgan fingerprint density at radius 1 is 1.11 bits per heavy atom. The summed E-state index contributed by atoms with van der Waals surface area (Å²) >= 11 is 0. The van der Waals surface area contributed by atoms with E-state index < -0.39 is 0 Å². The van der Waals surface area contributed by atoms with Gasteiger partial charge in [-0.15, -0.1) is 0 Å². The molecule has 0 saturated carbocycles. The molecule has 2 amide bonds. The summed E-state index contributed by atoms with van der Waals surface area (Å²) in [5, 5.41) is 5.74. The van der Waals surface area contributed by atoms with Gasteiger partial charge in [-0.1, -0.05) is 30.9 Å². The van der Waals surface area contributed by atoms with Crippen LogP contribution in [0.15, 0.2) is 79.8 Å². The van der Waals surface area contributed by atoms with E-state index in [0.717, 1.165) is 29.8 Å². The minimum absolute atomic E-state index is 0.0708. The second-order valence-electron chi connectivity index (χ2n) is 8.47. The second-order valence-corrected chi connectivity index (χ2v) is 8.47. The lowest BCUT2D eigenvalue weighted by molar-refractivity contribution is -0.117. The van der Waals surface area contributed by atoms with Gasteiger partial charge in [0.15, 0.2) is 0 Å². The molecular weight excluding hydrogens is 454 g/mol. The van der Waals surface area contributed by atoms with Crippen LogP contribution >= 0.6 is 0 Å². The Hall–Kier alpha value is -4.79. The molecule has 180 valence electrons. The summed E-state index contributed by atoms with van der Waals surface area (Å²) in [5.41, 5.74) is 10.1. The molecule has 1 atom stereocenters.